The third kappa shape index (κ3) is 3.56. The number of nitrogens with zero attached hydrogens (tertiary/aromatic N) is 3. The van der Waals surface area contributed by atoms with Gasteiger partial charge in [0.05, 0.1) is 13.2 Å². The van der Waals surface area contributed by atoms with Crippen molar-refractivity contribution in [2.45, 2.75) is 6.04 Å². The van der Waals surface area contributed by atoms with Crippen molar-refractivity contribution in [1.82, 2.24) is 4.90 Å². The molecule has 74 valence electrons. The molecule has 0 unspecified atom stereocenters. The lowest BCUT2D eigenvalue weighted by molar-refractivity contribution is 0.0357. The highest BCUT2D eigenvalue weighted by atomic mass is 16.5. The van der Waals surface area contributed by atoms with E-state index in [-0.39, 0.29) is 6.54 Å². The van der Waals surface area contributed by atoms with Gasteiger partial charge in [-0.1, -0.05) is 10.4 Å². The Hall–Kier alpha value is -0.880. The van der Waals surface area contributed by atoms with Gasteiger partial charge in [-0.05, 0) is 0 Å². The van der Waals surface area contributed by atoms with Crippen LogP contribution in [0.1, 0.15) is 0 Å². The van der Waals surface area contributed by atoms with Crippen LogP contribution in [0.4, 0.5) is 0 Å². The minimum Gasteiger partial charge on any atom is -0.379 e. The Morgan fingerprint density at radius 1 is 1.31 bits per heavy atom. The number of nitroso groups, excluding NO2 is 2. The molecule has 0 aromatic carbocycles. The molecule has 13 heavy (non-hydrogen) atoms. The molecule has 0 spiro atoms. The minimum absolute atomic E-state index is 0.0269. The molecule has 1 saturated heterocycles. The Morgan fingerprint density at radius 2 is 2.00 bits per heavy atom. The number of ether oxygens (including phenoxy) is 1. The van der Waals surface area contributed by atoms with Gasteiger partial charge in [0.2, 0.25) is 0 Å². The first-order valence-corrected chi connectivity index (χ1v) is 4.28. The summed E-state index contributed by atoms with van der Waals surface area (Å²) in [6.45, 7) is 3.44. The minimum atomic E-state index is -0.504. The van der Waals surface area contributed by atoms with Gasteiger partial charge in [-0.15, -0.1) is 0 Å². The molecule has 0 bridgehead atoms. The molecule has 1 aliphatic rings. The van der Waals surface area contributed by atoms with Crippen LogP contribution in [0.25, 0.3) is 0 Å². The molecule has 0 saturated carbocycles. The Bertz CT molecular complexity index is 170. The average Bonchev–Trinajstić information content (AvgIpc) is 2.19. The van der Waals surface area contributed by atoms with Crippen molar-refractivity contribution in [3.05, 3.63) is 9.81 Å². The third-order valence-electron chi connectivity index (χ3n) is 2.01. The highest BCUT2D eigenvalue weighted by molar-refractivity contribution is 4.74. The maximum Gasteiger partial charge on any atom is 0.127 e. The summed E-state index contributed by atoms with van der Waals surface area (Å²) >= 11 is 0. The zero-order chi connectivity index (χ0) is 9.52. The van der Waals surface area contributed by atoms with Gasteiger partial charge in [0, 0.05) is 19.6 Å². The van der Waals surface area contributed by atoms with E-state index in [0.717, 1.165) is 13.1 Å². The van der Waals surface area contributed by atoms with E-state index in [2.05, 4.69) is 15.3 Å². The first-order valence-electron chi connectivity index (χ1n) is 4.28. The van der Waals surface area contributed by atoms with Gasteiger partial charge in [0.25, 0.3) is 0 Å². The summed E-state index contributed by atoms with van der Waals surface area (Å²) in [5, 5.41) is 5.52. The zero-order valence-electron chi connectivity index (χ0n) is 7.39. The largest absolute Gasteiger partial charge is 0.379 e. The van der Waals surface area contributed by atoms with E-state index in [1.807, 2.05) is 0 Å². The van der Waals surface area contributed by atoms with Gasteiger partial charge in [-0.25, -0.2) is 0 Å². The summed E-state index contributed by atoms with van der Waals surface area (Å²) < 4.78 is 5.14. The number of hydrogen-bond donors (Lipinski definition) is 0. The Labute approximate surface area is 76.2 Å². The topological polar surface area (TPSA) is 71.3 Å². The molecule has 1 rings (SSSR count). The van der Waals surface area contributed by atoms with E-state index < -0.39 is 6.04 Å². The molecular formula is C7H13N3O3. The molecule has 1 aliphatic heterocycles. The molecule has 0 aromatic rings. The van der Waals surface area contributed by atoms with Crippen LogP contribution in [0.5, 0.6) is 0 Å². The van der Waals surface area contributed by atoms with Crippen LogP contribution in [-0.4, -0.2) is 50.3 Å². The number of hydrogen-bond acceptors (Lipinski definition) is 6. The fourth-order valence-electron chi connectivity index (χ4n) is 1.29. The second-order valence-electron chi connectivity index (χ2n) is 2.98. The molecule has 6 nitrogen and oxygen atoms in total. The van der Waals surface area contributed by atoms with Crippen molar-refractivity contribution >= 4 is 0 Å². The predicted molar refractivity (Wildman–Crippen MR) is 47.5 cm³/mol. The monoisotopic (exact) mass is 187 g/mol. The summed E-state index contributed by atoms with van der Waals surface area (Å²) in [6, 6.07) is -0.504. The third-order valence-corrected chi connectivity index (χ3v) is 2.01. The zero-order valence-corrected chi connectivity index (χ0v) is 7.39. The SMILES string of the molecule is O=NC[C@H](CN1CCOCC1)N=O. The predicted octanol–water partition coefficient (Wildman–Crippen LogP) is 0.220. The lowest BCUT2D eigenvalue weighted by Gasteiger charge is -2.27. The van der Waals surface area contributed by atoms with E-state index >= 15 is 0 Å². The number of rotatable bonds is 5. The Kier molecular flexibility index (Phi) is 4.48. The lowest BCUT2D eigenvalue weighted by Crippen LogP contribution is -2.41. The van der Waals surface area contributed by atoms with Crippen molar-refractivity contribution in [2.24, 2.45) is 10.4 Å². The van der Waals surface area contributed by atoms with Crippen LogP contribution in [0.2, 0.25) is 0 Å². The van der Waals surface area contributed by atoms with Crippen LogP contribution < -0.4 is 0 Å². The fourth-order valence-corrected chi connectivity index (χ4v) is 1.29. The first kappa shape index (κ1) is 10.2. The molecule has 0 N–H and O–H groups in total. The van der Waals surface area contributed by atoms with Gasteiger partial charge in [0.15, 0.2) is 0 Å². The second kappa shape index (κ2) is 5.71. The fraction of sp³-hybridized carbons (Fsp3) is 1.00. The molecule has 0 amide bonds. The van der Waals surface area contributed by atoms with Crippen LogP contribution in [-0.2, 0) is 4.74 Å². The molecule has 0 aromatic heterocycles. The molecular weight excluding hydrogens is 174 g/mol. The molecule has 1 heterocycles. The smallest absolute Gasteiger partial charge is 0.127 e. The van der Waals surface area contributed by atoms with E-state index in [0.29, 0.717) is 19.8 Å². The summed E-state index contributed by atoms with van der Waals surface area (Å²) in [7, 11) is 0. The van der Waals surface area contributed by atoms with Gasteiger partial charge in [-0.3, -0.25) is 4.90 Å². The molecule has 0 aliphatic carbocycles. The van der Waals surface area contributed by atoms with Gasteiger partial charge >= 0.3 is 0 Å². The standard InChI is InChI=1S/C7H13N3O3/c11-8-5-7(9-12)6-10-1-3-13-4-2-10/h7H,1-6H2/t7-/m1/s1. The molecule has 6 heteroatoms. The number of morpholine rings is 1. The van der Waals surface area contributed by atoms with E-state index in [1.165, 1.54) is 0 Å². The average molecular weight is 187 g/mol. The summed E-state index contributed by atoms with van der Waals surface area (Å²) in [5.74, 6) is 0. The van der Waals surface area contributed by atoms with Crippen LogP contribution in [0.3, 0.4) is 0 Å². The highest BCUT2D eigenvalue weighted by Gasteiger charge is 2.17. The summed E-state index contributed by atoms with van der Waals surface area (Å²) in [5.41, 5.74) is 0. The van der Waals surface area contributed by atoms with Gasteiger partial charge in [0.1, 0.15) is 12.6 Å². The lowest BCUT2D eigenvalue weighted by atomic mass is 10.3. The Balaban J connectivity index is 2.26. The van der Waals surface area contributed by atoms with Crippen molar-refractivity contribution in [2.75, 3.05) is 39.4 Å². The van der Waals surface area contributed by atoms with E-state index in [4.69, 9.17) is 4.74 Å². The van der Waals surface area contributed by atoms with Crippen molar-refractivity contribution in [3.8, 4) is 0 Å². The second-order valence-corrected chi connectivity index (χ2v) is 2.98. The Morgan fingerprint density at radius 3 is 2.54 bits per heavy atom. The van der Waals surface area contributed by atoms with Gasteiger partial charge in [-0.2, -0.15) is 9.81 Å². The summed E-state index contributed by atoms with van der Waals surface area (Å²) in [6.07, 6.45) is 0. The van der Waals surface area contributed by atoms with Crippen molar-refractivity contribution in [1.29, 1.82) is 0 Å². The molecule has 0 radical (unpaired) electrons. The summed E-state index contributed by atoms with van der Waals surface area (Å²) in [4.78, 5) is 22.2. The van der Waals surface area contributed by atoms with Crippen molar-refractivity contribution in [3.63, 3.8) is 0 Å². The normalized spacial score (nSPS) is 20.9. The maximum absolute atomic E-state index is 10.3. The first-order chi connectivity index (χ1) is 6.36. The van der Waals surface area contributed by atoms with Gasteiger partial charge < -0.3 is 4.74 Å². The van der Waals surface area contributed by atoms with Crippen molar-refractivity contribution < 1.29 is 4.74 Å². The van der Waals surface area contributed by atoms with Crippen LogP contribution in [0, 0.1) is 9.81 Å². The van der Waals surface area contributed by atoms with Crippen LogP contribution in [0.15, 0.2) is 10.4 Å². The van der Waals surface area contributed by atoms with E-state index in [9.17, 15) is 9.81 Å². The maximum atomic E-state index is 10.3. The van der Waals surface area contributed by atoms with E-state index in [1.54, 1.807) is 0 Å². The molecule has 1 atom stereocenters. The molecule has 1 fully saturated rings. The van der Waals surface area contributed by atoms with Crippen LogP contribution >= 0.6 is 0 Å². The quantitative estimate of drug-likeness (QED) is 0.577. The highest BCUT2D eigenvalue weighted by Crippen LogP contribution is 2.01.